The SMILES string of the molecule is Cc1ccsc1C(=O)NNC(=O)c1cc2c(s1)CCCCC2. The normalized spacial score (nSPS) is 14.0. The van der Waals surface area contributed by atoms with E-state index >= 15 is 0 Å². The molecule has 3 rings (SSSR count). The molecular weight excluding hydrogens is 316 g/mol. The van der Waals surface area contributed by atoms with Gasteiger partial charge >= 0.3 is 0 Å². The van der Waals surface area contributed by atoms with Crippen LogP contribution >= 0.6 is 22.7 Å². The van der Waals surface area contributed by atoms with Crippen LogP contribution < -0.4 is 10.9 Å². The van der Waals surface area contributed by atoms with Crippen LogP contribution in [0.25, 0.3) is 0 Å². The molecule has 2 aromatic heterocycles. The second-order valence-corrected chi connectivity index (χ2v) is 7.51. The monoisotopic (exact) mass is 334 g/mol. The molecule has 0 atom stereocenters. The van der Waals surface area contributed by atoms with Gasteiger partial charge in [0.1, 0.15) is 0 Å². The Balaban J connectivity index is 1.63. The van der Waals surface area contributed by atoms with Crippen LogP contribution in [-0.2, 0) is 12.8 Å². The van der Waals surface area contributed by atoms with E-state index in [-0.39, 0.29) is 11.8 Å². The van der Waals surface area contributed by atoms with Gasteiger partial charge in [0.2, 0.25) is 0 Å². The first-order valence-electron chi connectivity index (χ1n) is 7.41. The molecule has 1 aliphatic rings. The van der Waals surface area contributed by atoms with Crippen LogP contribution in [0.2, 0.25) is 0 Å². The number of thiophene rings is 2. The number of rotatable bonds is 2. The number of aryl methyl sites for hydroxylation is 3. The molecule has 0 aliphatic heterocycles. The smallest absolute Gasteiger partial charge is 0.266 e. The summed E-state index contributed by atoms with van der Waals surface area (Å²) in [5.41, 5.74) is 7.23. The molecule has 4 nitrogen and oxygen atoms in total. The Bertz CT molecular complexity index is 679. The fourth-order valence-electron chi connectivity index (χ4n) is 2.62. The van der Waals surface area contributed by atoms with Crippen molar-refractivity contribution >= 4 is 34.5 Å². The van der Waals surface area contributed by atoms with Gasteiger partial charge in [0.25, 0.3) is 11.8 Å². The third kappa shape index (κ3) is 3.23. The number of nitrogens with one attached hydrogen (secondary N) is 2. The Morgan fingerprint density at radius 3 is 2.64 bits per heavy atom. The molecule has 116 valence electrons. The maximum atomic E-state index is 12.2. The lowest BCUT2D eigenvalue weighted by molar-refractivity contribution is 0.0851. The molecule has 6 heteroatoms. The van der Waals surface area contributed by atoms with Gasteiger partial charge in [0.15, 0.2) is 0 Å². The molecule has 0 saturated heterocycles. The molecule has 2 N–H and O–H groups in total. The molecule has 0 unspecified atom stereocenters. The van der Waals surface area contributed by atoms with E-state index in [4.69, 9.17) is 0 Å². The van der Waals surface area contributed by atoms with Crippen LogP contribution in [0.1, 0.15) is 54.6 Å². The minimum Gasteiger partial charge on any atom is -0.266 e. The molecule has 2 heterocycles. The number of carbonyl (C=O) groups excluding carboxylic acids is 2. The molecule has 2 aromatic rings. The topological polar surface area (TPSA) is 58.2 Å². The van der Waals surface area contributed by atoms with Crippen molar-refractivity contribution in [3.8, 4) is 0 Å². The molecule has 0 aromatic carbocycles. The number of hydrogen-bond donors (Lipinski definition) is 2. The summed E-state index contributed by atoms with van der Waals surface area (Å²) in [5, 5.41) is 1.86. The lowest BCUT2D eigenvalue weighted by atomic mass is 10.1. The van der Waals surface area contributed by atoms with Crippen molar-refractivity contribution in [3.63, 3.8) is 0 Å². The minimum absolute atomic E-state index is 0.236. The third-order valence-corrected chi connectivity index (χ3v) is 6.08. The van der Waals surface area contributed by atoms with Crippen molar-refractivity contribution in [2.75, 3.05) is 0 Å². The van der Waals surface area contributed by atoms with Crippen LogP contribution in [0.15, 0.2) is 17.5 Å². The summed E-state index contributed by atoms with van der Waals surface area (Å²) in [4.78, 5) is 26.8. The Hall–Kier alpha value is -1.66. The number of hydrazine groups is 1. The first kappa shape index (κ1) is 15.2. The fourth-order valence-corrected chi connectivity index (χ4v) is 4.59. The molecule has 0 spiro atoms. The van der Waals surface area contributed by atoms with Crippen LogP contribution in [0, 0.1) is 6.92 Å². The summed E-state index contributed by atoms with van der Waals surface area (Å²) in [7, 11) is 0. The highest BCUT2D eigenvalue weighted by Crippen LogP contribution is 2.28. The largest absolute Gasteiger partial charge is 0.280 e. The van der Waals surface area contributed by atoms with Crippen LogP contribution in [-0.4, -0.2) is 11.8 Å². The van der Waals surface area contributed by atoms with Crippen molar-refractivity contribution in [1.29, 1.82) is 0 Å². The highest BCUT2D eigenvalue weighted by atomic mass is 32.1. The molecule has 0 fully saturated rings. The number of hydrogen-bond acceptors (Lipinski definition) is 4. The molecular formula is C16H18N2O2S2. The molecule has 0 saturated carbocycles. The zero-order chi connectivity index (χ0) is 15.5. The van der Waals surface area contributed by atoms with Gasteiger partial charge < -0.3 is 0 Å². The quantitative estimate of drug-likeness (QED) is 0.653. The van der Waals surface area contributed by atoms with E-state index in [9.17, 15) is 9.59 Å². The average molecular weight is 334 g/mol. The van der Waals surface area contributed by atoms with Gasteiger partial charge in [-0.05, 0) is 61.2 Å². The second kappa shape index (κ2) is 6.62. The Kier molecular flexibility index (Phi) is 4.59. The van der Waals surface area contributed by atoms with Crippen molar-refractivity contribution in [1.82, 2.24) is 10.9 Å². The van der Waals surface area contributed by atoms with Gasteiger partial charge in [-0.3, -0.25) is 20.4 Å². The van der Waals surface area contributed by atoms with E-state index in [1.807, 2.05) is 24.4 Å². The first-order chi connectivity index (χ1) is 10.6. The van der Waals surface area contributed by atoms with E-state index in [0.29, 0.717) is 9.75 Å². The van der Waals surface area contributed by atoms with Crippen molar-refractivity contribution in [2.24, 2.45) is 0 Å². The van der Waals surface area contributed by atoms with E-state index in [2.05, 4.69) is 10.9 Å². The average Bonchev–Trinajstić information content (AvgIpc) is 3.05. The zero-order valence-electron chi connectivity index (χ0n) is 12.4. The molecule has 0 radical (unpaired) electrons. The standard InChI is InChI=1S/C16H18N2O2S2/c1-10-7-8-21-14(10)16(20)18-17-15(19)13-9-11-5-3-2-4-6-12(11)22-13/h7-9H,2-6H2,1H3,(H,17,19)(H,18,20). The number of carbonyl (C=O) groups is 2. The highest BCUT2D eigenvalue weighted by Gasteiger charge is 2.17. The van der Waals surface area contributed by atoms with Gasteiger partial charge in [-0.2, -0.15) is 0 Å². The van der Waals surface area contributed by atoms with Crippen molar-refractivity contribution in [3.05, 3.63) is 43.3 Å². The maximum absolute atomic E-state index is 12.2. The van der Waals surface area contributed by atoms with Gasteiger partial charge in [-0.15, -0.1) is 22.7 Å². The zero-order valence-corrected chi connectivity index (χ0v) is 14.0. The van der Waals surface area contributed by atoms with E-state index in [0.717, 1.165) is 18.4 Å². The number of fused-ring (bicyclic) bond motifs is 1. The summed E-state index contributed by atoms with van der Waals surface area (Å²) >= 11 is 2.92. The van der Waals surface area contributed by atoms with Crippen LogP contribution in [0.4, 0.5) is 0 Å². The van der Waals surface area contributed by atoms with E-state index in [1.165, 1.54) is 41.0 Å². The molecule has 22 heavy (non-hydrogen) atoms. The van der Waals surface area contributed by atoms with Gasteiger partial charge in [-0.25, -0.2) is 0 Å². The summed E-state index contributed by atoms with van der Waals surface area (Å²) in [5.74, 6) is -0.500. The van der Waals surface area contributed by atoms with Crippen LogP contribution in [0.5, 0.6) is 0 Å². The highest BCUT2D eigenvalue weighted by molar-refractivity contribution is 7.14. The maximum Gasteiger partial charge on any atom is 0.280 e. The van der Waals surface area contributed by atoms with E-state index in [1.54, 1.807) is 11.3 Å². The van der Waals surface area contributed by atoms with Gasteiger partial charge in [0.05, 0.1) is 9.75 Å². The summed E-state index contributed by atoms with van der Waals surface area (Å²) in [6, 6.07) is 3.86. The van der Waals surface area contributed by atoms with E-state index < -0.39 is 0 Å². The van der Waals surface area contributed by atoms with Gasteiger partial charge in [0, 0.05) is 4.88 Å². The van der Waals surface area contributed by atoms with Crippen LogP contribution in [0.3, 0.4) is 0 Å². The predicted octanol–water partition coefficient (Wildman–Crippen LogP) is 3.46. The lowest BCUT2D eigenvalue weighted by Gasteiger charge is -2.05. The first-order valence-corrected chi connectivity index (χ1v) is 9.11. The Labute approximate surface area is 137 Å². The molecule has 2 amide bonds. The predicted molar refractivity (Wildman–Crippen MR) is 89.6 cm³/mol. The summed E-state index contributed by atoms with van der Waals surface area (Å²) in [6.07, 6.45) is 5.77. The third-order valence-electron chi connectivity index (χ3n) is 3.83. The van der Waals surface area contributed by atoms with Crippen molar-refractivity contribution in [2.45, 2.75) is 39.0 Å². The molecule has 1 aliphatic carbocycles. The van der Waals surface area contributed by atoms with Gasteiger partial charge in [-0.1, -0.05) is 6.42 Å². The second-order valence-electron chi connectivity index (χ2n) is 5.46. The summed E-state index contributed by atoms with van der Waals surface area (Å²) < 4.78 is 0. The molecule has 0 bridgehead atoms. The Morgan fingerprint density at radius 1 is 1.09 bits per heavy atom. The Morgan fingerprint density at radius 2 is 1.86 bits per heavy atom. The number of amides is 2. The van der Waals surface area contributed by atoms with Crippen molar-refractivity contribution < 1.29 is 9.59 Å². The summed E-state index contributed by atoms with van der Waals surface area (Å²) in [6.45, 7) is 1.88. The minimum atomic E-state index is -0.265. The lowest BCUT2D eigenvalue weighted by Crippen LogP contribution is -2.41. The fraction of sp³-hybridized carbons (Fsp3) is 0.375.